The van der Waals surface area contributed by atoms with Crippen molar-refractivity contribution < 1.29 is 19.6 Å². The average Bonchev–Trinajstić information content (AvgIpc) is 3.23. The van der Waals surface area contributed by atoms with Crippen LogP contribution in [0.1, 0.15) is 58.4 Å². The van der Waals surface area contributed by atoms with Crippen LogP contribution in [0.2, 0.25) is 0 Å². The lowest BCUT2D eigenvalue weighted by atomic mass is 9.76. The number of fused-ring (bicyclic) bond motifs is 3. The summed E-state index contributed by atoms with van der Waals surface area (Å²) in [5.41, 5.74) is 1.81. The minimum Gasteiger partial charge on any atom is -0.478 e. The van der Waals surface area contributed by atoms with Crippen LogP contribution in [0.5, 0.6) is 0 Å². The maximum Gasteiger partial charge on any atom is 0.335 e. The molecule has 0 saturated heterocycles. The molecule has 2 aromatic carbocycles. The van der Waals surface area contributed by atoms with Gasteiger partial charge in [-0.2, -0.15) is 0 Å². The van der Waals surface area contributed by atoms with Crippen molar-refractivity contribution in [3.05, 3.63) is 81.4 Å². The van der Waals surface area contributed by atoms with Crippen molar-refractivity contribution in [3.63, 3.8) is 0 Å². The molecule has 0 unspecified atom stereocenters. The van der Waals surface area contributed by atoms with Crippen LogP contribution in [0.4, 0.5) is 11.4 Å². The van der Waals surface area contributed by atoms with Gasteiger partial charge in [0, 0.05) is 35.3 Å². The van der Waals surface area contributed by atoms with Crippen molar-refractivity contribution in [2.75, 3.05) is 4.90 Å². The number of carboxylic acid groups (broad SMARTS) is 1. The third-order valence-corrected chi connectivity index (χ3v) is 6.04. The van der Waals surface area contributed by atoms with Gasteiger partial charge < -0.3 is 10.0 Å². The summed E-state index contributed by atoms with van der Waals surface area (Å²) in [6.07, 6.45) is 6.69. The fourth-order valence-corrected chi connectivity index (χ4v) is 4.74. The molecule has 1 N–H and O–H groups in total. The van der Waals surface area contributed by atoms with Gasteiger partial charge in [0.15, 0.2) is 0 Å². The van der Waals surface area contributed by atoms with E-state index >= 15 is 0 Å². The van der Waals surface area contributed by atoms with Crippen molar-refractivity contribution in [3.8, 4) is 0 Å². The first-order chi connectivity index (χ1) is 14.4. The molecule has 3 atom stereocenters. The number of carboxylic acids is 1. The molecule has 7 nitrogen and oxygen atoms in total. The highest BCUT2D eigenvalue weighted by Gasteiger charge is 2.43. The molecule has 0 saturated carbocycles. The number of rotatable bonds is 5. The number of nitrogens with zero attached hydrogens (tertiary/aromatic N) is 2. The van der Waals surface area contributed by atoms with E-state index in [1.54, 1.807) is 23.1 Å². The van der Waals surface area contributed by atoms with E-state index in [1.807, 2.05) is 0 Å². The number of hydrogen-bond acceptors (Lipinski definition) is 4. The van der Waals surface area contributed by atoms with Crippen LogP contribution in [0.15, 0.2) is 54.6 Å². The first-order valence-corrected chi connectivity index (χ1v) is 10.0. The molecular weight excluding hydrogens is 384 g/mol. The largest absolute Gasteiger partial charge is 0.478 e. The third-order valence-electron chi connectivity index (χ3n) is 6.04. The van der Waals surface area contributed by atoms with Gasteiger partial charge in [0.25, 0.3) is 11.6 Å². The summed E-state index contributed by atoms with van der Waals surface area (Å²) in [6.45, 7) is 2.07. The van der Waals surface area contributed by atoms with E-state index in [4.69, 9.17) is 0 Å². The molecule has 0 spiro atoms. The Morgan fingerprint density at radius 1 is 1.20 bits per heavy atom. The molecule has 154 valence electrons. The summed E-state index contributed by atoms with van der Waals surface area (Å²) >= 11 is 0. The summed E-state index contributed by atoms with van der Waals surface area (Å²) in [7, 11) is 0. The van der Waals surface area contributed by atoms with Crippen LogP contribution in [0.3, 0.4) is 0 Å². The molecule has 30 heavy (non-hydrogen) atoms. The number of nitro groups is 1. The number of nitro benzene ring substituents is 1. The van der Waals surface area contributed by atoms with E-state index in [1.165, 1.54) is 24.3 Å². The second kappa shape index (κ2) is 7.74. The van der Waals surface area contributed by atoms with Crippen molar-refractivity contribution >= 4 is 23.3 Å². The summed E-state index contributed by atoms with van der Waals surface area (Å²) in [5.74, 6) is -1.09. The molecule has 0 bridgehead atoms. The van der Waals surface area contributed by atoms with Crippen molar-refractivity contribution in [2.24, 2.45) is 5.92 Å². The first kappa shape index (κ1) is 19.8. The SMILES string of the molecule is CCC[C@@H]1[C@@H]2CC=C[C@@H]2c2cc(C(=O)O)ccc2N1C(=O)c1cccc([N+](=O)[O-])c1. The maximum absolute atomic E-state index is 13.6. The van der Waals surface area contributed by atoms with E-state index in [0.29, 0.717) is 5.69 Å². The zero-order valence-corrected chi connectivity index (χ0v) is 16.5. The lowest BCUT2D eigenvalue weighted by molar-refractivity contribution is -0.384. The Bertz CT molecular complexity index is 1060. The van der Waals surface area contributed by atoms with Gasteiger partial charge in [0.05, 0.1) is 10.5 Å². The molecule has 2 aromatic rings. The van der Waals surface area contributed by atoms with Crippen LogP contribution in [-0.4, -0.2) is 27.9 Å². The zero-order chi connectivity index (χ0) is 21.4. The lowest BCUT2D eigenvalue weighted by Gasteiger charge is -2.44. The highest BCUT2D eigenvalue weighted by molar-refractivity contribution is 6.08. The standard InChI is InChI=1S/C23H22N2O5/c1-2-5-20-18-9-4-8-17(18)19-13-15(23(27)28)10-11-21(19)24(20)22(26)14-6-3-7-16(12-14)25(29)30/h3-4,6-8,10-13,17-18,20H,2,5,9H2,1H3,(H,27,28)/t17-,18+,20+/m0/s1. The molecule has 0 radical (unpaired) electrons. The van der Waals surface area contributed by atoms with Crippen LogP contribution in [0, 0.1) is 16.0 Å². The van der Waals surface area contributed by atoms with E-state index in [9.17, 15) is 24.8 Å². The van der Waals surface area contributed by atoms with E-state index < -0.39 is 10.9 Å². The van der Waals surface area contributed by atoms with Crippen LogP contribution in [0.25, 0.3) is 0 Å². The van der Waals surface area contributed by atoms with Gasteiger partial charge in [0.1, 0.15) is 0 Å². The minimum absolute atomic E-state index is 0.0602. The predicted molar refractivity (Wildman–Crippen MR) is 112 cm³/mol. The predicted octanol–water partition coefficient (Wildman–Crippen LogP) is 4.78. The highest BCUT2D eigenvalue weighted by atomic mass is 16.6. The third kappa shape index (κ3) is 3.26. The van der Waals surface area contributed by atoms with Crippen LogP contribution < -0.4 is 4.90 Å². The number of anilines is 1. The topological polar surface area (TPSA) is 101 Å². The maximum atomic E-state index is 13.6. The number of aromatic carboxylic acids is 1. The zero-order valence-electron chi connectivity index (χ0n) is 16.5. The van der Waals surface area contributed by atoms with Gasteiger partial charge in [-0.3, -0.25) is 14.9 Å². The number of non-ortho nitro benzene ring substituents is 1. The summed E-state index contributed by atoms with van der Waals surface area (Å²) < 4.78 is 0. The summed E-state index contributed by atoms with van der Waals surface area (Å²) in [5, 5.41) is 20.6. The highest BCUT2D eigenvalue weighted by Crippen LogP contribution is 2.49. The van der Waals surface area contributed by atoms with Crippen LogP contribution >= 0.6 is 0 Å². The second-order valence-electron chi connectivity index (χ2n) is 7.77. The fourth-order valence-electron chi connectivity index (χ4n) is 4.74. The smallest absolute Gasteiger partial charge is 0.335 e. The van der Waals surface area contributed by atoms with Crippen molar-refractivity contribution in [2.45, 2.75) is 38.1 Å². The average molecular weight is 406 g/mol. The van der Waals surface area contributed by atoms with Crippen molar-refractivity contribution in [1.29, 1.82) is 0 Å². The summed E-state index contributed by atoms with van der Waals surface area (Å²) in [6, 6.07) is 10.6. The summed E-state index contributed by atoms with van der Waals surface area (Å²) in [4.78, 5) is 37.5. The molecule has 7 heteroatoms. The monoisotopic (exact) mass is 406 g/mol. The lowest BCUT2D eigenvalue weighted by Crippen LogP contribution is -2.49. The van der Waals surface area contributed by atoms with Crippen molar-refractivity contribution in [1.82, 2.24) is 0 Å². The molecule has 0 fully saturated rings. The molecule has 4 rings (SSSR count). The second-order valence-corrected chi connectivity index (χ2v) is 7.77. The van der Waals surface area contributed by atoms with Gasteiger partial charge in [0.2, 0.25) is 0 Å². The minimum atomic E-state index is -1.01. The number of allylic oxidation sites excluding steroid dienone is 2. The number of carbonyl (C=O) groups is 2. The van der Waals surface area contributed by atoms with Crippen LogP contribution in [-0.2, 0) is 0 Å². The normalized spacial score (nSPS) is 21.8. The molecule has 0 aromatic heterocycles. The Balaban J connectivity index is 1.85. The molecule has 1 aliphatic heterocycles. The first-order valence-electron chi connectivity index (χ1n) is 10.0. The Hall–Kier alpha value is -3.48. The van der Waals surface area contributed by atoms with Gasteiger partial charge in [-0.05, 0) is 48.6 Å². The van der Waals surface area contributed by atoms with Gasteiger partial charge >= 0.3 is 5.97 Å². The van der Waals surface area contributed by atoms with Gasteiger partial charge in [-0.1, -0.05) is 31.6 Å². The Morgan fingerprint density at radius 3 is 2.70 bits per heavy atom. The van der Waals surface area contributed by atoms with Gasteiger partial charge in [-0.15, -0.1) is 0 Å². The van der Waals surface area contributed by atoms with E-state index in [2.05, 4.69) is 19.1 Å². The molecule has 2 aliphatic rings. The van der Waals surface area contributed by atoms with E-state index in [-0.39, 0.29) is 40.6 Å². The number of amides is 1. The quantitative estimate of drug-likeness (QED) is 0.437. The molecule has 1 amide bonds. The fraction of sp³-hybridized carbons (Fsp3) is 0.304. The Kier molecular flexibility index (Phi) is 5.11. The van der Waals surface area contributed by atoms with Gasteiger partial charge in [-0.25, -0.2) is 4.79 Å². The Morgan fingerprint density at radius 2 is 2.00 bits per heavy atom. The Labute approximate surface area is 173 Å². The number of benzene rings is 2. The number of carbonyl (C=O) groups excluding carboxylic acids is 1. The molecule has 1 heterocycles. The number of hydrogen-bond donors (Lipinski definition) is 1. The van der Waals surface area contributed by atoms with E-state index in [0.717, 1.165) is 24.8 Å². The molecule has 1 aliphatic carbocycles. The molecular formula is C23H22N2O5.